The molecular formula is C13H16N2O4. The van der Waals surface area contributed by atoms with E-state index in [4.69, 9.17) is 15.6 Å². The molecule has 1 aromatic rings. The normalized spacial score (nSPS) is 22.1. The molecule has 6 heteroatoms. The van der Waals surface area contributed by atoms with E-state index in [0.29, 0.717) is 30.6 Å². The first-order valence-electron chi connectivity index (χ1n) is 6.08. The average Bonchev–Trinajstić information content (AvgIpc) is 2.86. The van der Waals surface area contributed by atoms with E-state index in [1.807, 2.05) is 0 Å². The van der Waals surface area contributed by atoms with Gasteiger partial charge in [-0.2, -0.15) is 0 Å². The number of nitrogen functional groups attached to an aromatic ring is 1. The van der Waals surface area contributed by atoms with Crippen LogP contribution < -0.4 is 11.1 Å². The number of aliphatic carboxylic acids is 1. The predicted octanol–water partition coefficient (Wildman–Crippen LogP) is 0.631. The van der Waals surface area contributed by atoms with Crippen molar-refractivity contribution in [3.8, 4) is 0 Å². The zero-order chi connectivity index (χ0) is 13.8. The van der Waals surface area contributed by atoms with E-state index < -0.39 is 12.1 Å². The Morgan fingerprint density at radius 1 is 1.32 bits per heavy atom. The highest BCUT2D eigenvalue weighted by atomic mass is 16.5. The number of carboxylic acid groups (broad SMARTS) is 1. The maximum absolute atomic E-state index is 11.8. The van der Waals surface area contributed by atoms with Gasteiger partial charge in [0.25, 0.3) is 5.91 Å². The Morgan fingerprint density at radius 2 is 2.00 bits per heavy atom. The Kier molecular flexibility index (Phi) is 4.01. The van der Waals surface area contributed by atoms with Gasteiger partial charge < -0.3 is 20.9 Å². The van der Waals surface area contributed by atoms with Crippen LogP contribution in [0.2, 0.25) is 0 Å². The molecule has 1 aromatic carbocycles. The number of carbonyl (C=O) groups is 2. The minimum absolute atomic E-state index is 0.220. The van der Waals surface area contributed by atoms with Crippen LogP contribution in [0.1, 0.15) is 23.2 Å². The summed E-state index contributed by atoms with van der Waals surface area (Å²) in [6, 6.07) is 6.59. The van der Waals surface area contributed by atoms with E-state index in [0.717, 1.165) is 0 Å². The molecule has 0 bridgehead atoms. The van der Waals surface area contributed by atoms with Crippen molar-refractivity contribution in [2.45, 2.75) is 25.0 Å². The molecular weight excluding hydrogens is 248 g/mol. The number of anilines is 1. The maximum atomic E-state index is 11.8. The number of amides is 1. The van der Waals surface area contributed by atoms with Crippen molar-refractivity contribution >= 4 is 17.6 Å². The lowest BCUT2D eigenvalue weighted by Crippen LogP contribution is -2.33. The highest BCUT2D eigenvalue weighted by Gasteiger charge is 2.30. The smallest absolute Gasteiger partial charge is 0.332 e. The van der Waals surface area contributed by atoms with Crippen molar-refractivity contribution in [3.05, 3.63) is 29.8 Å². The Hall–Kier alpha value is -2.08. The van der Waals surface area contributed by atoms with Gasteiger partial charge >= 0.3 is 5.97 Å². The Labute approximate surface area is 110 Å². The third-order valence-corrected chi connectivity index (χ3v) is 3.05. The largest absolute Gasteiger partial charge is 0.479 e. The molecule has 1 aliphatic rings. The molecule has 102 valence electrons. The topological polar surface area (TPSA) is 102 Å². The molecule has 1 heterocycles. The van der Waals surface area contributed by atoms with Crippen molar-refractivity contribution in [3.63, 3.8) is 0 Å². The van der Waals surface area contributed by atoms with Crippen molar-refractivity contribution < 1.29 is 19.4 Å². The molecule has 1 fully saturated rings. The molecule has 2 atom stereocenters. The van der Waals surface area contributed by atoms with E-state index >= 15 is 0 Å². The fraction of sp³-hybridized carbons (Fsp3) is 0.385. The third-order valence-electron chi connectivity index (χ3n) is 3.05. The molecule has 2 unspecified atom stereocenters. The molecule has 2 rings (SSSR count). The molecule has 1 aliphatic heterocycles. The fourth-order valence-corrected chi connectivity index (χ4v) is 1.98. The van der Waals surface area contributed by atoms with Crippen LogP contribution in [0, 0.1) is 0 Å². The molecule has 0 aromatic heterocycles. The second-order valence-corrected chi connectivity index (χ2v) is 4.49. The zero-order valence-electron chi connectivity index (χ0n) is 10.3. The van der Waals surface area contributed by atoms with E-state index in [2.05, 4.69) is 5.32 Å². The molecule has 6 nitrogen and oxygen atoms in total. The van der Waals surface area contributed by atoms with Gasteiger partial charge in [0, 0.05) is 17.8 Å². The van der Waals surface area contributed by atoms with Crippen LogP contribution in [-0.2, 0) is 9.53 Å². The van der Waals surface area contributed by atoms with Crippen molar-refractivity contribution in [2.75, 3.05) is 12.3 Å². The molecule has 19 heavy (non-hydrogen) atoms. The summed E-state index contributed by atoms with van der Waals surface area (Å²) < 4.78 is 5.29. The maximum Gasteiger partial charge on any atom is 0.332 e. The Morgan fingerprint density at radius 3 is 2.58 bits per heavy atom. The zero-order valence-corrected chi connectivity index (χ0v) is 10.3. The van der Waals surface area contributed by atoms with Gasteiger partial charge in [-0.25, -0.2) is 4.79 Å². The summed E-state index contributed by atoms with van der Waals surface area (Å²) in [5.41, 5.74) is 6.65. The van der Waals surface area contributed by atoms with E-state index in [1.165, 1.54) is 0 Å². The Balaban J connectivity index is 1.81. The summed E-state index contributed by atoms with van der Waals surface area (Å²) in [6.07, 6.45) is 0.133. The van der Waals surface area contributed by atoms with E-state index in [9.17, 15) is 9.59 Å². The standard InChI is InChI=1S/C13H16N2O4/c14-9-3-1-8(2-4-9)12(16)15-7-10-5-6-11(19-10)13(17)18/h1-4,10-11H,5-7,14H2,(H,15,16)(H,17,18). The number of carbonyl (C=O) groups excluding carboxylic acids is 1. The minimum atomic E-state index is -0.952. The van der Waals surface area contributed by atoms with E-state index in [-0.39, 0.29) is 12.0 Å². The third kappa shape index (κ3) is 3.45. The highest BCUT2D eigenvalue weighted by molar-refractivity contribution is 5.94. The molecule has 4 N–H and O–H groups in total. The fourth-order valence-electron chi connectivity index (χ4n) is 1.98. The van der Waals surface area contributed by atoms with Crippen LogP contribution in [0.15, 0.2) is 24.3 Å². The number of rotatable bonds is 4. The first-order valence-corrected chi connectivity index (χ1v) is 6.08. The van der Waals surface area contributed by atoms with Gasteiger partial charge in [-0.15, -0.1) is 0 Å². The van der Waals surface area contributed by atoms with Crippen molar-refractivity contribution in [1.29, 1.82) is 0 Å². The average molecular weight is 264 g/mol. The second kappa shape index (κ2) is 5.71. The summed E-state index contributed by atoms with van der Waals surface area (Å²) in [5.74, 6) is -1.17. The van der Waals surface area contributed by atoms with Gasteiger partial charge in [-0.3, -0.25) is 4.79 Å². The molecule has 0 spiro atoms. The first-order chi connectivity index (χ1) is 9.06. The van der Waals surface area contributed by atoms with Gasteiger partial charge in [0.2, 0.25) is 0 Å². The lowest BCUT2D eigenvalue weighted by molar-refractivity contribution is -0.149. The van der Waals surface area contributed by atoms with Gasteiger partial charge in [0.05, 0.1) is 6.10 Å². The summed E-state index contributed by atoms with van der Waals surface area (Å²) in [7, 11) is 0. The van der Waals surface area contributed by atoms with Gasteiger partial charge in [-0.05, 0) is 37.1 Å². The van der Waals surface area contributed by atoms with Crippen LogP contribution in [0.4, 0.5) is 5.69 Å². The Bertz CT molecular complexity index is 472. The number of nitrogens with one attached hydrogen (secondary N) is 1. The first kappa shape index (κ1) is 13.4. The van der Waals surface area contributed by atoms with Gasteiger partial charge in [0.1, 0.15) is 0 Å². The number of carboxylic acids is 1. The summed E-state index contributed by atoms with van der Waals surface area (Å²) in [4.78, 5) is 22.5. The highest BCUT2D eigenvalue weighted by Crippen LogP contribution is 2.19. The SMILES string of the molecule is Nc1ccc(C(=O)NCC2CCC(C(=O)O)O2)cc1. The van der Waals surface area contributed by atoms with Gasteiger partial charge in [-0.1, -0.05) is 0 Å². The minimum Gasteiger partial charge on any atom is -0.479 e. The lowest BCUT2D eigenvalue weighted by Gasteiger charge is -2.12. The number of nitrogens with two attached hydrogens (primary N) is 1. The number of ether oxygens (including phenoxy) is 1. The van der Waals surface area contributed by atoms with Crippen LogP contribution in [0.5, 0.6) is 0 Å². The predicted molar refractivity (Wildman–Crippen MR) is 68.7 cm³/mol. The monoisotopic (exact) mass is 264 g/mol. The molecule has 0 saturated carbocycles. The van der Waals surface area contributed by atoms with Crippen LogP contribution >= 0.6 is 0 Å². The summed E-state index contributed by atoms with van der Waals surface area (Å²) >= 11 is 0. The van der Waals surface area contributed by atoms with E-state index in [1.54, 1.807) is 24.3 Å². The number of hydrogen-bond acceptors (Lipinski definition) is 4. The molecule has 0 radical (unpaired) electrons. The van der Waals surface area contributed by atoms with Crippen LogP contribution in [-0.4, -0.2) is 35.7 Å². The number of hydrogen-bond donors (Lipinski definition) is 3. The summed E-state index contributed by atoms with van der Waals surface area (Å²) in [5, 5.41) is 11.5. The second-order valence-electron chi connectivity index (χ2n) is 4.49. The number of benzene rings is 1. The van der Waals surface area contributed by atoms with Crippen LogP contribution in [0.25, 0.3) is 0 Å². The van der Waals surface area contributed by atoms with Crippen molar-refractivity contribution in [1.82, 2.24) is 5.32 Å². The quantitative estimate of drug-likeness (QED) is 0.692. The summed E-state index contributed by atoms with van der Waals surface area (Å²) in [6.45, 7) is 0.312. The molecule has 1 saturated heterocycles. The van der Waals surface area contributed by atoms with Crippen LogP contribution in [0.3, 0.4) is 0 Å². The molecule has 1 amide bonds. The van der Waals surface area contributed by atoms with Crippen molar-refractivity contribution in [2.24, 2.45) is 0 Å². The van der Waals surface area contributed by atoms with Gasteiger partial charge in [0.15, 0.2) is 6.10 Å². The molecule has 0 aliphatic carbocycles. The lowest BCUT2D eigenvalue weighted by atomic mass is 10.1.